The summed E-state index contributed by atoms with van der Waals surface area (Å²) in [6.07, 6.45) is 1.01. The summed E-state index contributed by atoms with van der Waals surface area (Å²) in [5.41, 5.74) is 1.25. The lowest BCUT2D eigenvalue weighted by molar-refractivity contribution is 0.238. The summed E-state index contributed by atoms with van der Waals surface area (Å²) in [7, 11) is 3.80. The summed E-state index contributed by atoms with van der Waals surface area (Å²) < 4.78 is 5.15. The molecule has 1 saturated heterocycles. The summed E-state index contributed by atoms with van der Waals surface area (Å²) in [5, 5.41) is 4.22. The van der Waals surface area contributed by atoms with Crippen LogP contribution in [0.4, 0.5) is 0 Å². The van der Waals surface area contributed by atoms with E-state index in [4.69, 9.17) is 16.3 Å². The van der Waals surface area contributed by atoms with Crippen LogP contribution in [0.1, 0.15) is 5.56 Å². The summed E-state index contributed by atoms with van der Waals surface area (Å²) in [6.45, 7) is 3.27. The van der Waals surface area contributed by atoms with Gasteiger partial charge in [0.25, 0.3) is 0 Å². The topological polar surface area (TPSA) is 24.5 Å². The Kier molecular flexibility index (Phi) is 4.26. The molecule has 0 aliphatic carbocycles. The number of piperazine rings is 1. The van der Waals surface area contributed by atoms with Crippen molar-refractivity contribution in [3.05, 3.63) is 28.8 Å². The Labute approximate surface area is 108 Å². The molecule has 2 rings (SSSR count). The van der Waals surface area contributed by atoms with Gasteiger partial charge in [-0.3, -0.25) is 0 Å². The van der Waals surface area contributed by atoms with Gasteiger partial charge in [-0.25, -0.2) is 0 Å². The van der Waals surface area contributed by atoms with Gasteiger partial charge in [-0.05, 0) is 31.2 Å². The zero-order valence-electron chi connectivity index (χ0n) is 10.4. The molecule has 0 aromatic heterocycles. The lowest BCUT2D eigenvalue weighted by Gasteiger charge is -2.31. The minimum absolute atomic E-state index is 0.512. The van der Waals surface area contributed by atoms with Crippen LogP contribution >= 0.6 is 11.6 Å². The first-order valence-electron chi connectivity index (χ1n) is 5.93. The number of ether oxygens (including phenoxy) is 1. The minimum Gasteiger partial charge on any atom is -0.495 e. The fraction of sp³-hybridized carbons (Fsp3) is 0.538. The van der Waals surface area contributed by atoms with Crippen LogP contribution in [0.25, 0.3) is 0 Å². The molecule has 1 aliphatic heterocycles. The molecule has 1 heterocycles. The highest BCUT2D eigenvalue weighted by Gasteiger charge is 2.16. The van der Waals surface area contributed by atoms with E-state index in [-0.39, 0.29) is 0 Å². The first kappa shape index (κ1) is 12.7. The Hall–Kier alpha value is -0.770. The molecule has 0 saturated carbocycles. The normalized spacial score (nSPS) is 21.5. The second kappa shape index (κ2) is 5.71. The third-order valence-corrected chi connectivity index (χ3v) is 3.45. The molecule has 1 aromatic rings. The van der Waals surface area contributed by atoms with E-state index in [0.717, 1.165) is 31.8 Å². The molecule has 0 radical (unpaired) electrons. The highest BCUT2D eigenvalue weighted by molar-refractivity contribution is 6.32. The monoisotopic (exact) mass is 254 g/mol. The number of halogens is 1. The second-order valence-corrected chi connectivity index (χ2v) is 4.99. The molecule has 94 valence electrons. The summed E-state index contributed by atoms with van der Waals surface area (Å²) >= 11 is 6.12. The first-order valence-corrected chi connectivity index (χ1v) is 6.31. The van der Waals surface area contributed by atoms with Crippen LogP contribution in [-0.4, -0.2) is 44.7 Å². The third-order valence-electron chi connectivity index (χ3n) is 3.16. The summed E-state index contributed by atoms with van der Waals surface area (Å²) in [5.74, 6) is 0.740. The van der Waals surface area contributed by atoms with Crippen molar-refractivity contribution in [3.8, 4) is 5.75 Å². The van der Waals surface area contributed by atoms with E-state index in [0.29, 0.717) is 11.1 Å². The number of rotatable bonds is 3. The van der Waals surface area contributed by atoms with Crippen LogP contribution < -0.4 is 10.1 Å². The van der Waals surface area contributed by atoms with Crippen molar-refractivity contribution in [2.45, 2.75) is 12.5 Å². The maximum absolute atomic E-state index is 6.12. The fourth-order valence-corrected chi connectivity index (χ4v) is 2.53. The number of nitrogens with one attached hydrogen (secondary N) is 1. The number of likely N-dealkylation sites (N-methyl/N-ethyl adjacent to an activating group) is 1. The number of nitrogens with zero attached hydrogens (tertiary/aromatic N) is 1. The van der Waals surface area contributed by atoms with Crippen molar-refractivity contribution in [2.24, 2.45) is 0 Å². The third kappa shape index (κ3) is 3.35. The molecular weight excluding hydrogens is 236 g/mol. The molecule has 1 atom stereocenters. The number of hydrogen-bond acceptors (Lipinski definition) is 3. The minimum atomic E-state index is 0.512. The highest BCUT2D eigenvalue weighted by Crippen LogP contribution is 2.25. The Morgan fingerprint density at radius 3 is 3.00 bits per heavy atom. The molecule has 3 nitrogen and oxygen atoms in total. The molecule has 0 spiro atoms. The number of benzene rings is 1. The molecule has 1 unspecified atom stereocenters. The van der Waals surface area contributed by atoms with Crippen LogP contribution in [0.15, 0.2) is 18.2 Å². The maximum atomic E-state index is 6.12. The Bertz CT molecular complexity index is 384. The lowest BCUT2D eigenvalue weighted by atomic mass is 10.0. The van der Waals surface area contributed by atoms with Gasteiger partial charge in [-0.15, -0.1) is 0 Å². The average molecular weight is 255 g/mol. The van der Waals surface area contributed by atoms with Gasteiger partial charge in [0.05, 0.1) is 12.1 Å². The average Bonchev–Trinajstić information content (AvgIpc) is 2.29. The van der Waals surface area contributed by atoms with Crippen molar-refractivity contribution in [1.29, 1.82) is 0 Å². The second-order valence-electron chi connectivity index (χ2n) is 4.59. The maximum Gasteiger partial charge on any atom is 0.137 e. The van der Waals surface area contributed by atoms with Crippen molar-refractivity contribution < 1.29 is 4.74 Å². The van der Waals surface area contributed by atoms with Gasteiger partial charge >= 0.3 is 0 Å². The summed E-state index contributed by atoms with van der Waals surface area (Å²) in [4.78, 5) is 2.35. The number of methoxy groups -OCH3 is 1. The highest BCUT2D eigenvalue weighted by atomic mass is 35.5. The number of hydrogen-bond donors (Lipinski definition) is 1. The van der Waals surface area contributed by atoms with Crippen molar-refractivity contribution >= 4 is 11.6 Å². The molecule has 1 aliphatic rings. The van der Waals surface area contributed by atoms with Crippen molar-refractivity contribution in [1.82, 2.24) is 10.2 Å². The van der Waals surface area contributed by atoms with Crippen LogP contribution in [0.5, 0.6) is 5.75 Å². The van der Waals surface area contributed by atoms with E-state index in [2.05, 4.69) is 23.3 Å². The van der Waals surface area contributed by atoms with Gasteiger partial charge in [0, 0.05) is 25.7 Å². The van der Waals surface area contributed by atoms with Gasteiger partial charge in [-0.2, -0.15) is 0 Å². The zero-order valence-corrected chi connectivity index (χ0v) is 11.1. The summed E-state index contributed by atoms with van der Waals surface area (Å²) in [6, 6.07) is 6.53. The largest absolute Gasteiger partial charge is 0.495 e. The molecular formula is C13H19ClN2O. The Balaban J connectivity index is 2.00. The van der Waals surface area contributed by atoms with Gasteiger partial charge in [0.1, 0.15) is 5.75 Å². The molecule has 1 N–H and O–H groups in total. The standard InChI is InChI=1S/C13H19ClN2O/c1-16-6-5-15-11(9-16)7-10-3-4-13(17-2)12(14)8-10/h3-4,8,11,15H,5-7,9H2,1-2H3. The SMILES string of the molecule is COc1ccc(CC2CN(C)CCN2)cc1Cl. The van der Waals surface area contributed by atoms with E-state index in [1.165, 1.54) is 5.56 Å². The van der Waals surface area contributed by atoms with E-state index < -0.39 is 0 Å². The lowest BCUT2D eigenvalue weighted by Crippen LogP contribution is -2.49. The van der Waals surface area contributed by atoms with Crippen LogP contribution in [-0.2, 0) is 6.42 Å². The Morgan fingerprint density at radius 2 is 2.35 bits per heavy atom. The van der Waals surface area contributed by atoms with Gasteiger partial charge in [-0.1, -0.05) is 17.7 Å². The predicted octanol–water partition coefficient (Wildman–Crippen LogP) is 1.79. The van der Waals surface area contributed by atoms with Crippen molar-refractivity contribution in [2.75, 3.05) is 33.8 Å². The van der Waals surface area contributed by atoms with Gasteiger partial charge in [0.15, 0.2) is 0 Å². The van der Waals surface area contributed by atoms with Crippen molar-refractivity contribution in [3.63, 3.8) is 0 Å². The van der Waals surface area contributed by atoms with Crippen LogP contribution in [0.3, 0.4) is 0 Å². The molecule has 0 amide bonds. The van der Waals surface area contributed by atoms with Crippen LogP contribution in [0.2, 0.25) is 5.02 Å². The molecule has 0 bridgehead atoms. The van der Waals surface area contributed by atoms with E-state index in [1.807, 2.05) is 12.1 Å². The molecule has 1 aromatic carbocycles. The van der Waals surface area contributed by atoms with E-state index >= 15 is 0 Å². The van der Waals surface area contributed by atoms with E-state index in [1.54, 1.807) is 7.11 Å². The quantitative estimate of drug-likeness (QED) is 0.890. The molecule has 4 heteroatoms. The first-order chi connectivity index (χ1) is 8.19. The van der Waals surface area contributed by atoms with Crippen LogP contribution in [0, 0.1) is 0 Å². The fourth-order valence-electron chi connectivity index (χ4n) is 2.25. The molecule has 1 fully saturated rings. The predicted molar refractivity (Wildman–Crippen MR) is 71.0 cm³/mol. The van der Waals surface area contributed by atoms with Gasteiger partial charge < -0.3 is 15.0 Å². The van der Waals surface area contributed by atoms with E-state index in [9.17, 15) is 0 Å². The smallest absolute Gasteiger partial charge is 0.137 e. The Morgan fingerprint density at radius 1 is 1.53 bits per heavy atom. The zero-order chi connectivity index (χ0) is 12.3. The molecule has 17 heavy (non-hydrogen) atoms. The van der Waals surface area contributed by atoms with Gasteiger partial charge in [0.2, 0.25) is 0 Å².